The number of aryl methyl sites for hydroxylation is 2. The van der Waals surface area contributed by atoms with E-state index in [-0.39, 0.29) is 6.61 Å². The van der Waals surface area contributed by atoms with Gasteiger partial charge in [-0.2, -0.15) is 5.10 Å². The highest BCUT2D eigenvalue weighted by Gasteiger charge is 2.06. The van der Waals surface area contributed by atoms with E-state index in [0.717, 1.165) is 11.1 Å². The minimum Gasteiger partial charge on any atom is -0.484 e. The second-order valence-corrected chi connectivity index (χ2v) is 6.28. The van der Waals surface area contributed by atoms with E-state index in [9.17, 15) is 4.79 Å². The number of nitrogens with one attached hydrogen (secondary N) is 1. The number of nitrogens with zero attached hydrogens (tertiary/aromatic N) is 1. The molecule has 0 saturated carbocycles. The summed E-state index contributed by atoms with van der Waals surface area (Å²) in [7, 11) is 0. The number of hydrogen-bond acceptors (Lipinski definition) is 3. The van der Waals surface area contributed by atoms with E-state index in [4.69, 9.17) is 39.5 Å². The van der Waals surface area contributed by atoms with Crippen LogP contribution in [0.2, 0.25) is 15.1 Å². The number of carbonyl (C=O) groups is 1. The van der Waals surface area contributed by atoms with Crippen molar-refractivity contribution < 1.29 is 9.53 Å². The first-order valence-electron chi connectivity index (χ1n) is 7.04. The number of hydrazone groups is 1. The van der Waals surface area contributed by atoms with Gasteiger partial charge in [0, 0.05) is 10.6 Å². The van der Waals surface area contributed by atoms with Crippen LogP contribution >= 0.6 is 34.8 Å². The molecule has 0 aromatic heterocycles. The first-order chi connectivity index (χ1) is 11.4. The first kappa shape index (κ1) is 18.6. The lowest BCUT2D eigenvalue weighted by atomic mass is 10.1. The van der Waals surface area contributed by atoms with Crippen molar-refractivity contribution in [3.8, 4) is 5.75 Å². The predicted octanol–water partition coefficient (Wildman–Crippen LogP) is 4.79. The molecular formula is C17H15Cl3N2O2. The molecule has 0 aliphatic rings. The standard InChI is InChI=1S/C17H15Cl3N2O2/c1-10-6-12(7-11(2)17(10)20)24-9-16(23)22-21-8-13-14(18)4-3-5-15(13)19/h3-8H,9H2,1-2H3,(H,22,23). The number of ether oxygens (including phenoxy) is 1. The van der Waals surface area contributed by atoms with Crippen molar-refractivity contribution in [2.45, 2.75) is 13.8 Å². The maximum Gasteiger partial charge on any atom is 0.277 e. The molecule has 0 unspecified atom stereocenters. The first-order valence-corrected chi connectivity index (χ1v) is 8.17. The van der Waals surface area contributed by atoms with Crippen LogP contribution in [0.25, 0.3) is 0 Å². The Balaban J connectivity index is 1.91. The Morgan fingerprint density at radius 1 is 1.17 bits per heavy atom. The summed E-state index contributed by atoms with van der Waals surface area (Å²) < 4.78 is 5.44. The molecule has 2 aromatic carbocycles. The van der Waals surface area contributed by atoms with E-state index in [1.54, 1.807) is 30.3 Å². The average Bonchev–Trinajstić information content (AvgIpc) is 2.53. The Bertz CT molecular complexity index is 748. The second-order valence-electron chi connectivity index (χ2n) is 5.09. The normalized spacial score (nSPS) is 10.9. The zero-order valence-electron chi connectivity index (χ0n) is 13.1. The third-order valence-electron chi connectivity index (χ3n) is 3.16. The van der Waals surface area contributed by atoms with Crippen LogP contribution in [0.4, 0.5) is 0 Å². The van der Waals surface area contributed by atoms with Crippen LogP contribution in [-0.2, 0) is 4.79 Å². The van der Waals surface area contributed by atoms with Crippen LogP contribution in [0.15, 0.2) is 35.4 Å². The number of rotatable bonds is 5. The van der Waals surface area contributed by atoms with Gasteiger partial charge in [-0.25, -0.2) is 5.43 Å². The molecule has 0 heterocycles. The maximum absolute atomic E-state index is 11.8. The van der Waals surface area contributed by atoms with Crippen LogP contribution in [0.3, 0.4) is 0 Å². The Kier molecular flexibility index (Phi) is 6.49. The van der Waals surface area contributed by atoms with E-state index in [1.807, 2.05) is 13.8 Å². The van der Waals surface area contributed by atoms with Crippen molar-refractivity contribution in [1.29, 1.82) is 0 Å². The van der Waals surface area contributed by atoms with E-state index in [0.29, 0.717) is 26.4 Å². The molecule has 7 heteroatoms. The van der Waals surface area contributed by atoms with Gasteiger partial charge in [-0.05, 0) is 49.2 Å². The summed E-state index contributed by atoms with van der Waals surface area (Å²) in [6, 6.07) is 8.64. The van der Waals surface area contributed by atoms with Gasteiger partial charge >= 0.3 is 0 Å². The number of carbonyl (C=O) groups excluding carboxylic acids is 1. The Morgan fingerprint density at radius 3 is 2.33 bits per heavy atom. The minimum absolute atomic E-state index is 0.173. The molecule has 4 nitrogen and oxygen atoms in total. The summed E-state index contributed by atoms with van der Waals surface area (Å²) in [5.74, 6) is 0.169. The molecule has 2 aromatic rings. The second kappa shape index (κ2) is 8.38. The molecule has 0 radical (unpaired) electrons. The fraction of sp³-hybridized carbons (Fsp3) is 0.176. The topological polar surface area (TPSA) is 50.7 Å². The molecule has 24 heavy (non-hydrogen) atoms. The van der Waals surface area contributed by atoms with E-state index in [1.165, 1.54) is 6.21 Å². The molecule has 0 bridgehead atoms. The molecule has 0 saturated heterocycles. The van der Waals surface area contributed by atoms with Gasteiger partial charge in [-0.3, -0.25) is 4.79 Å². The summed E-state index contributed by atoms with van der Waals surface area (Å²) >= 11 is 18.1. The minimum atomic E-state index is -0.403. The molecule has 1 N–H and O–H groups in total. The highest BCUT2D eigenvalue weighted by molar-refractivity contribution is 6.38. The van der Waals surface area contributed by atoms with Gasteiger partial charge in [0.15, 0.2) is 6.61 Å². The van der Waals surface area contributed by atoms with Crippen LogP contribution in [0.1, 0.15) is 16.7 Å². The predicted molar refractivity (Wildman–Crippen MR) is 98.6 cm³/mol. The van der Waals surface area contributed by atoms with Crippen LogP contribution in [0.5, 0.6) is 5.75 Å². The van der Waals surface area contributed by atoms with Crippen LogP contribution < -0.4 is 10.2 Å². The molecule has 0 aliphatic heterocycles. The molecule has 0 atom stereocenters. The lowest BCUT2D eigenvalue weighted by Gasteiger charge is -2.09. The van der Waals surface area contributed by atoms with Crippen molar-refractivity contribution in [2.24, 2.45) is 5.10 Å². The number of benzene rings is 2. The summed E-state index contributed by atoms with van der Waals surface area (Å²) in [6.07, 6.45) is 1.39. The van der Waals surface area contributed by atoms with Crippen LogP contribution in [0, 0.1) is 13.8 Å². The van der Waals surface area contributed by atoms with Gasteiger partial charge in [0.05, 0.1) is 16.3 Å². The van der Waals surface area contributed by atoms with Gasteiger partial charge in [-0.15, -0.1) is 0 Å². The fourth-order valence-electron chi connectivity index (χ4n) is 1.97. The lowest BCUT2D eigenvalue weighted by molar-refractivity contribution is -0.123. The highest BCUT2D eigenvalue weighted by Crippen LogP contribution is 2.25. The molecular weight excluding hydrogens is 371 g/mol. The van der Waals surface area contributed by atoms with E-state index < -0.39 is 5.91 Å². The quantitative estimate of drug-likeness (QED) is 0.594. The largest absolute Gasteiger partial charge is 0.484 e. The number of amides is 1. The van der Waals surface area contributed by atoms with Gasteiger partial charge in [0.1, 0.15) is 5.75 Å². The Hall–Kier alpha value is -1.75. The van der Waals surface area contributed by atoms with Crippen molar-refractivity contribution >= 4 is 46.9 Å². The van der Waals surface area contributed by atoms with Gasteiger partial charge in [-0.1, -0.05) is 40.9 Å². The molecule has 0 spiro atoms. The Morgan fingerprint density at radius 2 is 1.75 bits per heavy atom. The van der Waals surface area contributed by atoms with Gasteiger partial charge < -0.3 is 4.74 Å². The summed E-state index contributed by atoms with van der Waals surface area (Å²) in [4.78, 5) is 11.8. The van der Waals surface area contributed by atoms with Crippen molar-refractivity contribution in [1.82, 2.24) is 5.43 Å². The Labute approximate surface area is 155 Å². The molecule has 1 amide bonds. The van der Waals surface area contributed by atoms with Crippen molar-refractivity contribution in [3.05, 3.63) is 62.1 Å². The lowest BCUT2D eigenvalue weighted by Crippen LogP contribution is -2.24. The van der Waals surface area contributed by atoms with Crippen LogP contribution in [-0.4, -0.2) is 18.7 Å². The van der Waals surface area contributed by atoms with Crippen molar-refractivity contribution in [2.75, 3.05) is 6.61 Å². The third kappa shape index (κ3) is 4.87. The molecule has 0 aliphatic carbocycles. The maximum atomic E-state index is 11.8. The smallest absolute Gasteiger partial charge is 0.277 e. The van der Waals surface area contributed by atoms with Gasteiger partial charge in [0.2, 0.25) is 0 Å². The number of halogens is 3. The summed E-state index contributed by atoms with van der Waals surface area (Å²) in [5.41, 5.74) is 4.67. The number of hydrogen-bond donors (Lipinski definition) is 1. The fourth-order valence-corrected chi connectivity index (χ4v) is 2.58. The SMILES string of the molecule is Cc1cc(OCC(=O)NN=Cc2c(Cl)cccc2Cl)cc(C)c1Cl. The molecule has 2 rings (SSSR count). The van der Waals surface area contributed by atoms with Crippen molar-refractivity contribution in [3.63, 3.8) is 0 Å². The summed E-state index contributed by atoms with van der Waals surface area (Å²) in [5, 5.41) is 5.41. The average molecular weight is 386 g/mol. The zero-order valence-corrected chi connectivity index (χ0v) is 15.3. The summed E-state index contributed by atoms with van der Waals surface area (Å²) in [6.45, 7) is 3.58. The highest BCUT2D eigenvalue weighted by atomic mass is 35.5. The molecule has 126 valence electrons. The third-order valence-corrected chi connectivity index (χ3v) is 4.42. The van der Waals surface area contributed by atoms with E-state index in [2.05, 4.69) is 10.5 Å². The monoisotopic (exact) mass is 384 g/mol. The zero-order chi connectivity index (χ0) is 17.7. The van der Waals surface area contributed by atoms with E-state index >= 15 is 0 Å². The molecule has 0 fully saturated rings. The van der Waals surface area contributed by atoms with Gasteiger partial charge in [0.25, 0.3) is 5.91 Å².